The Morgan fingerprint density at radius 1 is 1.17 bits per heavy atom. The minimum Gasteiger partial charge on any atom is -0.369 e. The second-order valence-electron chi connectivity index (χ2n) is 6.16. The summed E-state index contributed by atoms with van der Waals surface area (Å²) in [4.78, 5) is 11.7. The van der Waals surface area contributed by atoms with E-state index in [1.807, 2.05) is 0 Å². The van der Waals surface area contributed by atoms with Crippen LogP contribution >= 0.6 is 0 Å². The molecule has 1 unspecified atom stereocenters. The van der Waals surface area contributed by atoms with Crippen LogP contribution in [0.5, 0.6) is 0 Å². The van der Waals surface area contributed by atoms with Crippen LogP contribution in [0.3, 0.4) is 0 Å². The van der Waals surface area contributed by atoms with Crippen molar-refractivity contribution in [1.82, 2.24) is 10.6 Å². The fraction of sp³-hybridized carbons (Fsp3) is 0.929. The molecule has 1 atom stereocenters. The van der Waals surface area contributed by atoms with E-state index in [0.29, 0.717) is 19.1 Å². The molecular formula is C14H30N2O2. The second-order valence-corrected chi connectivity index (χ2v) is 6.16. The molecule has 0 saturated heterocycles. The van der Waals surface area contributed by atoms with Gasteiger partial charge in [0.15, 0.2) is 0 Å². The van der Waals surface area contributed by atoms with Gasteiger partial charge in [0.25, 0.3) is 0 Å². The van der Waals surface area contributed by atoms with Crippen LogP contribution in [0.15, 0.2) is 0 Å². The molecule has 0 fully saturated rings. The maximum atomic E-state index is 11.7. The predicted octanol–water partition coefficient (Wildman–Crippen LogP) is 1.94. The van der Waals surface area contributed by atoms with Crippen molar-refractivity contribution in [2.75, 3.05) is 19.7 Å². The number of hydrogen-bond acceptors (Lipinski definition) is 3. The molecule has 0 radical (unpaired) electrons. The van der Waals surface area contributed by atoms with Gasteiger partial charge in [-0.15, -0.1) is 0 Å². The summed E-state index contributed by atoms with van der Waals surface area (Å²) in [7, 11) is 0. The molecule has 0 heterocycles. The van der Waals surface area contributed by atoms with E-state index in [9.17, 15) is 4.79 Å². The van der Waals surface area contributed by atoms with Gasteiger partial charge in [0.1, 0.15) is 6.10 Å². The molecule has 0 rings (SSSR count). The molecule has 0 aliphatic rings. The third kappa shape index (κ3) is 10.5. The SMILES string of the molecule is CC(C)CCOC(C)C(=O)NCCNC(C)(C)C. The molecule has 108 valence electrons. The number of nitrogens with one attached hydrogen (secondary N) is 2. The summed E-state index contributed by atoms with van der Waals surface area (Å²) >= 11 is 0. The highest BCUT2D eigenvalue weighted by atomic mass is 16.5. The summed E-state index contributed by atoms with van der Waals surface area (Å²) < 4.78 is 5.48. The monoisotopic (exact) mass is 258 g/mol. The van der Waals surface area contributed by atoms with Crippen LogP contribution in [0.25, 0.3) is 0 Å². The summed E-state index contributed by atoms with van der Waals surface area (Å²) in [5.74, 6) is 0.575. The Morgan fingerprint density at radius 3 is 2.28 bits per heavy atom. The summed E-state index contributed by atoms with van der Waals surface area (Å²) in [5.41, 5.74) is 0.0874. The maximum Gasteiger partial charge on any atom is 0.248 e. The molecule has 0 aromatic rings. The fourth-order valence-electron chi connectivity index (χ4n) is 1.32. The highest BCUT2D eigenvalue weighted by Gasteiger charge is 2.13. The Bertz CT molecular complexity index is 234. The number of hydrogen-bond donors (Lipinski definition) is 2. The van der Waals surface area contributed by atoms with Crippen molar-refractivity contribution < 1.29 is 9.53 Å². The minimum atomic E-state index is -0.363. The van der Waals surface area contributed by atoms with Gasteiger partial charge < -0.3 is 15.4 Å². The zero-order valence-corrected chi connectivity index (χ0v) is 12.8. The smallest absolute Gasteiger partial charge is 0.248 e. The average molecular weight is 258 g/mol. The number of ether oxygens (including phenoxy) is 1. The molecule has 0 aliphatic heterocycles. The lowest BCUT2D eigenvalue weighted by Gasteiger charge is -2.21. The van der Waals surface area contributed by atoms with E-state index in [2.05, 4.69) is 45.3 Å². The Labute approximate surface area is 112 Å². The van der Waals surface area contributed by atoms with Crippen LogP contribution < -0.4 is 10.6 Å². The molecule has 0 aromatic heterocycles. The molecule has 0 bridgehead atoms. The van der Waals surface area contributed by atoms with Crippen molar-refractivity contribution in [2.45, 2.75) is 59.6 Å². The van der Waals surface area contributed by atoms with Crippen molar-refractivity contribution in [3.63, 3.8) is 0 Å². The van der Waals surface area contributed by atoms with Gasteiger partial charge in [-0.3, -0.25) is 4.79 Å². The zero-order valence-electron chi connectivity index (χ0n) is 12.8. The van der Waals surface area contributed by atoms with Gasteiger partial charge >= 0.3 is 0 Å². The topological polar surface area (TPSA) is 50.4 Å². The van der Waals surface area contributed by atoms with E-state index >= 15 is 0 Å². The van der Waals surface area contributed by atoms with Crippen molar-refractivity contribution in [3.8, 4) is 0 Å². The first kappa shape index (κ1) is 17.4. The Balaban J connectivity index is 3.62. The molecule has 0 spiro atoms. The molecule has 4 nitrogen and oxygen atoms in total. The van der Waals surface area contributed by atoms with Crippen LogP contribution in [0.1, 0.15) is 48.0 Å². The van der Waals surface area contributed by atoms with Crippen molar-refractivity contribution in [1.29, 1.82) is 0 Å². The first-order valence-electron chi connectivity index (χ1n) is 6.86. The Kier molecular flexibility index (Phi) is 8.20. The van der Waals surface area contributed by atoms with Crippen LogP contribution in [-0.2, 0) is 9.53 Å². The molecule has 0 aliphatic carbocycles. The highest BCUT2D eigenvalue weighted by molar-refractivity contribution is 5.80. The van der Waals surface area contributed by atoms with Crippen LogP contribution in [-0.4, -0.2) is 37.2 Å². The summed E-state index contributed by atoms with van der Waals surface area (Å²) in [6.07, 6.45) is 0.627. The van der Waals surface area contributed by atoms with E-state index in [4.69, 9.17) is 4.74 Å². The van der Waals surface area contributed by atoms with Gasteiger partial charge in [0, 0.05) is 25.2 Å². The van der Waals surface area contributed by atoms with Gasteiger partial charge in [0.05, 0.1) is 0 Å². The first-order chi connectivity index (χ1) is 8.22. The van der Waals surface area contributed by atoms with Crippen LogP contribution in [0.2, 0.25) is 0 Å². The third-order valence-corrected chi connectivity index (χ3v) is 2.51. The molecule has 4 heteroatoms. The average Bonchev–Trinajstić information content (AvgIpc) is 2.22. The van der Waals surface area contributed by atoms with Crippen molar-refractivity contribution >= 4 is 5.91 Å². The fourth-order valence-corrected chi connectivity index (χ4v) is 1.32. The molecule has 0 saturated carbocycles. The Hall–Kier alpha value is -0.610. The van der Waals surface area contributed by atoms with E-state index in [-0.39, 0.29) is 17.6 Å². The number of carbonyl (C=O) groups is 1. The zero-order chi connectivity index (χ0) is 14.2. The minimum absolute atomic E-state index is 0.0329. The number of amides is 1. The molecule has 1 amide bonds. The molecule has 0 aromatic carbocycles. The van der Waals surface area contributed by atoms with Gasteiger partial charge in [-0.25, -0.2) is 0 Å². The first-order valence-corrected chi connectivity index (χ1v) is 6.86. The number of rotatable bonds is 8. The van der Waals surface area contributed by atoms with E-state index in [0.717, 1.165) is 13.0 Å². The third-order valence-electron chi connectivity index (χ3n) is 2.51. The lowest BCUT2D eigenvalue weighted by atomic mass is 10.1. The maximum absolute atomic E-state index is 11.7. The second kappa shape index (κ2) is 8.48. The predicted molar refractivity (Wildman–Crippen MR) is 75.6 cm³/mol. The van der Waals surface area contributed by atoms with E-state index in [1.165, 1.54) is 0 Å². The van der Waals surface area contributed by atoms with Gasteiger partial charge in [-0.2, -0.15) is 0 Å². The largest absolute Gasteiger partial charge is 0.369 e. The Morgan fingerprint density at radius 2 is 1.78 bits per heavy atom. The molecular weight excluding hydrogens is 228 g/mol. The van der Waals surface area contributed by atoms with E-state index in [1.54, 1.807) is 6.92 Å². The van der Waals surface area contributed by atoms with Crippen LogP contribution in [0.4, 0.5) is 0 Å². The lowest BCUT2D eigenvalue weighted by Crippen LogP contribution is -2.43. The lowest BCUT2D eigenvalue weighted by molar-refractivity contribution is -0.131. The summed E-state index contributed by atoms with van der Waals surface area (Å²) in [5, 5.41) is 6.19. The van der Waals surface area contributed by atoms with Gasteiger partial charge in [-0.05, 0) is 40.0 Å². The highest BCUT2D eigenvalue weighted by Crippen LogP contribution is 2.01. The van der Waals surface area contributed by atoms with Gasteiger partial charge in [-0.1, -0.05) is 13.8 Å². The molecule has 18 heavy (non-hydrogen) atoms. The van der Waals surface area contributed by atoms with Crippen molar-refractivity contribution in [3.05, 3.63) is 0 Å². The van der Waals surface area contributed by atoms with Crippen molar-refractivity contribution in [2.24, 2.45) is 5.92 Å². The number of carbonyl (C=O) groups excluding carboxylic acids is 1. The normalized spacial score (nSPS) is 13.7. The summed E-state index contributed by atoms with van der Waals surface area (Å²) in [6, 6.07) is 0. The standard InChI is InChI=1S/C14H30N2O2/c1-11(2)7-10-18-12(3)13(17)15-8-9-16-14(4,5)6/h11-12,16H,7-10H2,1-6H3,(H,15,17). The molecule has 2 N–H and O–H groups in total. The summed E-state index contributed by atoms with van der Waals surface area (Å²) in [6.45, 7) is 14.4. The quantitative estimate of drug-likeness (QED) is 0.654. The van der Waals surface area contributed by atoms with E-state index < -0.39 is 0 Å². The van der Waals surface area contributed by atoms with Gasteiger partial charge in [0.2, 0.25) is 5.91 Å². The van der Waals surface area contributed by atoms with Crippen LogP contribution in [0, 0.1) is 5.92 Å².